The predicted molar refractivity (Wildman–Crippen MR) is 141 cm³/mol. The molecule has 0 amide bonds. The smallest absolute Gasteiger partial charge is 0.416 e. The van der Waals surface area contributed by atoms with E-state index in [0.29, 0.717) is 17.1 Å². The Balaban J connectivity index is 1.52. The third-order valence-corrected chi connectivity index (χ3v) is 6.33. The van der Waals surface area contributed by atoms with Crippen LogP contribution in [0.4, 0.5) is 13.2 Å². The van der Waals surface area contributed by atoms with Gasteiger partial charge in [0, 0.05) is 19.6 Å². The summed E-state index contributed by atoms with van der Waals surface area (Å²) in [5.74, 6) is -0.0632. The van der Waals surface area contributed by atoms with Crippen molar-refractivity contribution < 1.29 is 37.3 Å². The maximum Gasteiger partial charge on any atom is 0.416 e. The normalized spacial score (nSPS) is 14.7. The fourth-order valence-corrected chi connectivity index (χ4v) is 4.28. The molecule has 0 radical (unpaired) electrons. The van der Waals surface area contributed by atoms with Gasteiger partial charge in [0.25, 0.3) is 0 Å². The molecule has 1 heterocycles. The lowest BCUT2D eigenvalue weighted by atomic mass is 9.95. The van der Waals surface area contributed by atoms with Gasteiger partial charge >= 0.3 is 12.1 Å². The number of aryl methyl sites for hydroxylation is 1. The number of halogens is 3. The van der Waals surface area contributed by atoms with Crippen LogP contribution in [0.5, 0.6) is 11.5 Å². The Bertz CT molecular complexity index is 1280. The van der Waals surface area contributed by atoms with Crippen molar-refractivity contribution in [3.63, 3.8) is 0 Å². The number of ether oxygens (including phenoxy) is 3. The highest BCUT2D eigenvalue weighted by Crippen LogP contribution is 2.32. The molecule has 0 unspecified atom stereocenters. The van der Waals surface area contributed by atoms with Crippen LogP contribution in [-0.4, -0.2) is 55.5 Å². The Labute approximate surface area is 225 Å². The predicted octanol–water partition coefficient (Wildman–Crippen LogP) is 5.82. The number of alkyl halides is 3. The Hall–Kier alpha value is -3.82. The summed E-state index contributed by atoms with van der Waals surface area (Å²) in [5, 5.41) is 8.80. The van der Waals surface area contributed by atoms with Gasteiger partial charge in [0.15, 0.2) is 6.61 Å². The second-order valence-electron chi connectivity index (χ2n) is 9.20. The minimum absolute atomic E-state index is 0.167. The topological polar surface area (TPSA) is 68.2 Å². The first-order chi connectivity index (χ1) is 18.7. The van der Waals surface area contributed by atoms with Crippen LogP contribution >= 0.6 is 0 Å². The van der Waals surface area contributed by atoms with Crippen molar-refractivity contribution in [2.45, 2.75) is 19.6 Å². The standard InChI is InChI=1S/C30H30F3NO5/c1-21-18-26(10-11-28(21)39-20-29(35)36)38-15-12-27(24-6-8-25(9-7-24)30(31,32)33)23-4-2-22(3-5-23)19-34-13-16-37-17-14-34/h2-12,18H,13-17,19-20H2,1H3,(H,35,36)/b27-12+. The first kappa shape index (κ1) is 28.2. The molecular formula is C30H30F3NO5. The molecule has 1 aliphatic rings. The monoisotopic (exact) mass is 541 g/mol. The Morgan fingerprint density at radius 2 is 1.62 bits per heavy atom. The van der Waals surface area contributed by atoms with Gasteiger partial charge in [0.1, 0.15) is 18.1 Å². The largest absolute Gasteiger partial charge is 0.489 e. The molecule has 1 fully saturated rings. The molecule has 0 atom stereocenters. The summed E-state index contributed by atoms with van der Waals surface area (Å²) in [7, 11) is 0. The van der Waals surface area contributed by atoms with Crippen LogP contribution in [0, 0.1) is 6.92 Å². The molecule has 9 heteroatoms. The molecule has 206 valence electrons. The second-order valence-corrected chi connectivity index (χ2v) is 9.20. The number of hydrogen-bond donors (Lipinski definition) is 1. The summed E-state index contributed by atoms with van der Waals surface area (Å²) < 4.78 is 56.0. The van der Waals surface area contributed by atoms with E-state index in [1.165, 1.54) is 12.1 Å². The number of rotatable bonds is 10. The first-order valence-corrected chi connectivity index (χ1v) is 12.5. The maximum atomic E-state index is 13.1. The zero-order chi connectivity index (χ0) is 27.8. The molecule has 6 nitrogen and oxygen atoms in total. The van der Waals surface area contributed by atoms with Crippen molar-refractivity contribution in [1.82, 2.24) is 4.90 Å². The van der Waals surface area contributed by atoms with Crippen LogP contribution in [0.25, 0.3) is 5.57 Å². The van der Waals surface area contributed by atoms with Gasteiger partial charge in [0.05, 0.1) is 18.8 Å². The average molecular weight is 542 g/mol. The van der Waals surface area contributed by atoms with E-state index in [2.05, 4.69) is 4.90 Å². The molecule has 1 aliphatic heterocycles. The van der Waals surface area contributed by atoms with E-state index in [9.17, 15) is 18.0 Å². The van der Waals surface area contributed by atoms with E-state index in [1.54, 1.807) is 25.1 Å². The lowest BCUT2D eigenvalue weighted by Crippen LogP contribution is -2.35. The molecule has 1 N–H and O–H groups in total. The molecular weight excluding hydrogens is 511 g/mol. The highest BCUT2D eigenvalue weighted by molar-refractivity contribution is 5.80. The summed E-state index contributed by atoms with van der Waals surface area (Å²) in [4.78, 5) is 13.1. The third-order valence-electron chi connectivity index (χ3n) is 6.33. The van der Waals surface area contributed by atoms with Gasteiger partial charge in [-0.25, -0.2) is 4.79 Å². The molecule has 4 rings (SSSR count). The SMILES string of the molecule is Cc1cc(OC/C=C(\c2ccc(CN3CCOCC3)cc2)c2ccc(C(F)(F)F)cc2)ccc1OCC(=O)O. The summed E-state index contributed by atoms with van der Waals surface area (Å²) in [6.45, 7) is 5.51. The van der Waals surface area contributed by atoms with E-state index in [0.717, 1.165) is 67.2 Å². The third kappa shape index (κ3) is 8.08. The van der Waals surface area contributed by atoms with Crippen molar-refractivity contribution >= 4 is 11.5 Å². The van der Waals surface area contributed by atoms with E-state index in [1.807, 2.05) is 30.3 Å². The number of aliphatic carboxylic acids is 1. The first-order valence-electron chi connectivity index (χ1n) is 12.5. The minimum atomic E-state index is -4.41. The van der Waals surface area contributed by atoms with Gasteiger partial charge < -0.3 is 19.3 Å². The van der Waals surface area contributed by atoms with Gasteiger partial charge in [-0.05, 0) is 71.2 Å². The fraction of sp³-hybridized carbons (Fsp3) is 0.300. The van der Waals surface area contributed by atoms with Crippen LogP contribution in [0.15, 0.2) is 72.8 Å². The number of hydrogen-bond acceptors (Lipinski definition) is 5. The van der Waals surface area contributed by atoms with Crippen molar-refractivity contribution in [3.8, 4) is 11.5 Å². The zero-order valence-electron chi connectivity index (χ0n) is 21.5. The number of carboxylic acids is 1. The molecule has 39 heavy (non-hydrogen) atoms. The van der Waals surface area contributed by atoms with Gasteiger partial charge in [-0.3, -0.25) is 4.90 Å². The highest BCUT2D eigenvalue weighted by atomic mass is 19.4. The molecule has 0 aromatic heterocycles. The fourth-order valence-electron chi connectivity index (χ4n) is 4.28. The second kappa shape index (κ2) is 12.8. The summed E-state index contributed by atoms with van der Waals surface area (Å²) in [6, 6.07) is 18.2. The Kier molecular flexibility index (Phi) is 9.27. The van der Waals surface area contributed by atoms with Gasteiger partial charge in [-0.2, -0.15) is 13.2 Å². The van der Waals surface area contributed by atoms with Crippen molar-refractivity contribution in [1.29, 1.82) is 0 Å². The molecule has 0 aliphatic carbocycles. The average Bonchev–Trinajstić information content (AvgIpc) is 2.91. The van der Waals surface area contributed by atoms with Crippen LogP contribution in [0.1, 0.15) is 27.8 Å². The minimum Gasteiger partial charge on any atom is -0.489 e. The lowest BCUT2D eigenvalue weighted by molar-refractivity contribution is -0.139. The van der Waals surface area contributed by atoms with E-state index >= 15 is 0 Å². The van der Waals surface area contributed by atoms with Crippen molar-refractivity contribution in [3.05, 3.63) is 101 Å². The molecule has 0 bridgehead atoms. The number of morpholine rings is 1. The number of benzene rings is 3. The zero-order valence-corrected chi connectivity index (χ0v) is 21.5. The number of carboxylic acid groups (broad SMARTS) is 1. The number of carbonyl (C=O) groups is 1. The molecule has 3 aromatic carbocycles. The Morgan fingerprint density at radius 3 is 2.21 bits per heavy atom. The summed E-state index contributed by atoms with van der Waals surface area (Å²) in [6.07, 6.45) is -2.57. The van der Waals surface area contributed by atoms with Crippen LogP contribution in [0.2, 0.25) is 0 Å². The van der Waals surface area contributed by atoms with Crippen LogP contribution < -0.4 is 9.47 Å². The van der Waals surface area contributed by atoms with E-state index in [-0.39, 0.29) is 6.61 Å². The van der Waals surface area contributed by atoms with E-state index < -0.39 is 24.3 Å². The van der Waals surface area contributed by atoms with Crippen LogP contribution in [0.3, 0.4) is 0 Å². The van der Waals surface area contributed by atoms with Gasteiger partial charge in [0.2, 0.25) is 0 Å². The molecule has 1 saturated heterocycles. The summed E-state index contributed by atoms with van der Waals surface area (Å²) in [5.41, 5.74) is 3.41. The molecule has 3 aromatic rings. The van der Waals surface area contributed by atoms with Crippen molar-refractivity contribution in [2.75, 3.05) is 39.5 Å². The van der Waals surface area contributed by atoms with Crippen LogP contribution in [-0.2, 0) is 22.3 Å². The quantitative estimate of drug-likeness (QED) is 0.349. The molecule has 0 saturated carbocycles. The number of nitrogens with zero attached hydrogens (tertiary/aromatic N) is 1. The molecule has 0 spiro atoms. The van der Waals surface area contributed by atoms with Gasteiger partial charge in [-0.15, -0.1) is 0 Å². The Morgan fingerprint density at radius 1 is 0.974 bits per heavy atom. The van der Waals surface area contributed by atoms with Crippen molar-refractivity contribution in [2.24, 2.45) is 0 Å². The maximum absolute atomic E-state index is 13.1. The lowest BCUT2D eigenvalue weighted by Gasteiger charge is -2.26. The highest BCUT2D eigenvalue weighted by Gasteiger charge is 2.30. The van der Waals surface area contributed by atoms with E-state index in [4.69, 9.17) is 19.3 Å². The van der Waals surface area contributed by atoms with Gasteiger partial charge in [-0.1, -0.05) is 36.4 Å². The summed E-state index contributed by atoms with van der Waals surface area (Å²) >= 11 is 0.